The van der Waals surface area contributed by atoms with E-state index >= 15 is 0 Å². The van der Waals surface area contributed by atoms with Crippen LogP contribution < -0.4 is 5.73 Å². The fourth-order valence-electron chi connectivity index (χ4n) is 2.66. The van der Waals surface area contributed by atoms with E-state index in [4.69, 9.17) is 10.5 Å². The third-order valence-corrected chi connectivity index (χ3v) is 3.68. The van der Waals surface area contributed by atoms with Crippen LogP contribution in [0.4, 0.5) is 5.82 Å². The molecule has 1 fully saturated rings. The SMILES string of the molecule is Cc1nc(C2(C)CCCCO2)nc(N)c1C(C)C. The highest BCUT2D eigenvalue weighted by molar-refractivity contribution is 5.44. The van der Waals surface area contributed by atoms with Crippen LogP contribution in [0.25, 0.3) is 0 Å². The molecule has 2 N–H and O–H groups in total. The molecular formula is C14H23N3O. The second kappa shape index (κ2) is 4.84. The van der Waals surface area contributed by atoms with E-state index in [9.17, 15) is 0 Å². The van der Waals surface area contributed by atoms with Crippen molar-refractivity contribution in [2.75, 3.05) is 12.3 Å². The first-order valence-electron chi connectivity index (χ1n) is 6.72. The Kier molecular flexibility index (Phi) is 3.57. The average molecular weight is 249 g/mol. The number of nitrogen functional groups attached to an aromatic ring is 1. The van der Waals surface area contributed by atoms with Gasteiger partial charge in [0, 0.05) is 17.9 Å². The highest BCUT2D eigenvalue weighted by Crippen LogP contribution is 2.34. The summed E-state index contributed by atoms with van der Waals surface area (Å²) in [5, 5.41) is 0. The van der Waals surface area contributed by atoms with E-state index in [0.717, 1.165) is 43.0 Å². The van der Waals surface area contributed by atoms with Crippen molar-refractivity contribution in [3.63, 3.8) is 0 Å². The first-order valence-corrected chi connectivity index (χ1v) is 6.72. The van der Waals surface area contributed by atoms with Gasteiger partial charge in [0.25, 0.3) is 0 Å². The predicted octanol–water partition coefficient (Wildman–Crippen LogP) is 2.91. The zero-order valence-electron chi connectivity index (χ0n) is 11.8. The molecule has 100 valence electrons. The van der Waals surface area contributed by atoms with Gasteiger partial charge in [-0.15, -0.1) is 0 Å². The number of aryl methyl sites for hydroxylation is 1. The van der Waals surface area contributed by atoms with Gasteiger partial charge in [0.1, 0.15) is 11.4 Å². The quantitative estimate of drug-likeness (QED) is 0.875. The van der Waals surface area contributed by atoms with Crippen molar-refractivity contribution in [1.29, 1.82) is 0 Å². The van der Waals surface area contributed by atoms with Crippen molar-refractivity contribution < 1.29 is 4.74 Å². The molecule has 0 bridgehead atoms. The van der Waals surface area contributed by atoms with Crippen LogP contribution >= 0.6 is 0 Å². The summed E-state index contributed by atoms with van der Waals surface area (Å²) in [5.74, 6) is 1.68. The molecule has 1 saturated heterocycles. The molecule has 0 aromatic carbocycles. The highest BCUT2D eigenvalue weighted by Gasteiger charge is 2.34. The molecule has 1 aliphatic rings. The lowest BCUT2D eigenvalue weighted by atomic mass is 9.94. The molecule has 1 atom stereocenters. The van der Waals surface area contributed by atoms with Crippen LogP contribution in [0.2, 0.25) is 0 Å². The third-order valence-electron chi connectivity index (χ3n) is 3.68. The number of nitrogens with zero attached hydrogens (tertiary/aromatic N) is 2. The summed E-state index contributed by atoms with van der Waals surface area (Å²) in [5.41, 5.74) is 7.74. The molecular weight excluding hydrogens is 226 g/mol. The molecule has 1 unspecified atom stereocenters. The Morgan fingerprint density at radius 1 is 1.28 bits per heavy atom. The molecule has 2 heterocycles. The summed E-state index contributed by atoms with van der Waals surface area (Å²) in [6.45, 7) is 9.07. The van der Waals surface area contributed by atoms with Gasteiger partial charge in [-0.1, -0.05) is 13.8 Å². The Balaban J connectivity index is 2.41. The lowest BCUT2D eigenvalue weighted by Gasteiger charge is -2.33. The fraction of sp³-hybridized carbons (Fsp3) is 0.714. The maximum atomic E-state index is 6.08. The van der Waals surface area contributed by atoms with E-state index < -0.39 is 0 Å². The van der Waals surface area contributed by atoms with Gasteiger partial charge in [0.2, 0.25) is 0 Å². The van der Waals surface area contributed by atoms with Gasteiger partial charge in [0.05, 0.1) is 0 Å². The van der Waals surface area contributed by atoms with Crippen LogP contribution in [0.15, 0.2) is 0 Å². The average Bonchev–Trinajstić information content (AvgIpc) is 2.28. The van der Waals surface area contributed by atoms with Gasteiger partial charge in [-0.3, -0.25) is 0 Å². The van der Waals surface area contributed by atoms with Crippen LogP contribution in [-0.4, -0.2) is 16.6 Å². The molecule has 0 spiro atoms. The van der Waals surface area contributed by atoms with Crippen molar-refractivity contribution in [1.82, 2.24) is 9.97 Å². The second-order valence-electron chi connectivity index (χ2n) is 5.62. The zero-order valence-corrected chi connectivity index (χ0v) is 11.8. The van der Waals surface area contributed by atoms with E-state index in [1.165, 1.54) is 0 Å². The zero-order chi connectivity index (χ0) is 13.3. The molecule has 18 heavy (non-hydrogen) atoms. The minimum Gasteiger partial charge on any atom is -0.383 e. The first-order chi connectivity index (χ1) is 8.44. The number of hydrogen-bond acceptors (Lipinski definition) is 4. The Hall–Kier alpha value is -1.16. The smallest absolute Gasteiger partial charge is 0.162 e. The Labute approximate surface area is 109 Å². The molecule has 2 rings (SSSR count). The standard InChI is InChI=1S/C14H23N3O/c1-9(2)11-10(3)16-13(17-12(11)15)14(4)7-5-6-8-18-14/h9H,5-8H2,1-4H3,(H2,15,16,17). The van der Waals surface area contributed by atoms with Crippen LogP contribution in [0, 0.1) is 6.92 Å². The molecule has 0 amide bonds. The van der Waals surface area contributed by atoms with Gasteiger partial charge in [-0.2, -0.15) is 0 Å². The Morgan fingerprint density at radius 2 is 2.00 bits per heavy atom. The van der Waals surface area contributed by atoms with E-state index in [0.29, 0.717) is 11.7 Å². The number of anilines is 1. The van der Waals surface area contributed by atoms with Gasteiger partial charge in [0.15, 0.2) is 5.82 Å². The van der Waals surface area contributed by atoms with Crippen molar-refractivity contribution in [2.45, 2.75) is 58.5 Å². The molecule has 1 aliphatic heterocycles. The molecule has 4 nitrogen and oxygen atoms in total. The summed E-state index contributed by atoms with van der Waals surface area (Å²) >= 11 is 0. The van der Waals surface area contributed by atoms with Gasteiger partial charge >= 0.3 is 0 Å². The molecule has 4 heteroatoms. The van der Waals surface area contributed by atoms with Gasteiger partial charge in [-0.05, 0) is 39.0 Å². The summed E-state index contributed by atoms with van der Waals surface area (Å²) in [4.78, 5) is 9.13. The molecule has 1 aromatic rings. The van der Waals surface area contributed by atoms with E-state index in [2.05, 4.69) is 30.7 Å². The minimum atomic E-state index is -0.368. The van der Waals surface area contributed by atoms with Crippen molar-refractivity contribution in [3.8, 4) is 0 Å². The van der Waals surface area contributed by atoms with Crippen LogP contribution in [-0.2, 0) is 10.3 Å². The van der Waals surface area contributed by atoms with Crippen molar-refractivity contribution in [2.24, 2.45) is 0 Å². The van der Waals surface area contributed by atoms with Crippen LogP contribution in [0.1, 0.15) is 63.0 Å². The molecule has 0 radical (unpaired) electrons. The van der Waals surface area contributed by atoms with E-state index in [1.54, 1.807) is 0 Å². The lowest BCUT2D eigenvalue weighted by molar-refractivity contribution is -0.0760. The van der Waals surface area contributed by atoms with Gasteiger partial charge in [-0.25, -0.2) is 9.97 Å². The fourth-order valence-corrected chi connectivity index (χ4v) is 2.66. The number of hydrogen-bond donors (Lipinski definition) is 1. The lowest BCUT2D eigenvalue weighted by Crippen LogP contribution is -2.33. The minimum absolute atomic E-state index is 0.346. The first kappa shape index (κ1) is 13.3. The Bertz CT molecular complexity index is 414. The normalized spacial score (nSPS) is 24.5. The monoisotopic (exact) mass is 249 g/mol. The number of rotatable bonds is 2. The molecule has 0 saturated carbocycles. The summed E-state index contributed by atoms with van der Waals surface area (Å²) in [6, 6.07) is 0. The van der Waals surface area contributed by atoms with Crippen LogP contribution in [0.5, 0.6) is 0 Å². The predicted molar refractivity (Wildman–Crippen MR) is 72.4 cm³/mol. The summed E-state index contributed by atoms with van der Waals surface area (Å²) in [7, 11) is 0. The highest BCUT2D eigenvalue weighted by atomic mass is 16.5. The summed E-state index contributed by atoms with van der Waals surface area (Å²) in [6.07, 6.45) is 3.24. The van der Waals surface area contributed by atoms with E-state index in [1.807, 2.05) is 6.92 Å². The topological polar surface area (TPSA) is 61.0 Å². The second-order valence-corrected chi connectivity index (χ2v) is 5.62. The Morgan fingerprint density at radius 3 is 2.50 bits per heavy atom. The number of ether oxygens (including phenoxy) is 1. The maximum Gasteiger partial charge on any atom is 0.162 e. The van der Waals surface area contributed by atoms with Crippen molar-refractivity contribution in [3.05, 3.63) is 17.1 Å². The number of aromatic nitrogens is 2. The van der Waals surface area contributed by atoms with Crippen molar-refractivity contribution >= 4 is 5.82 Å². The molecule has 0 aliphatic carbocycles. The van der Waals surface area contributed by atoms with E-state index in [-0.39, 0.29) is 5.60 Å². The third kappa shape index (κ3) is 2.34. The number of nitrogens with two attached hydrogens (primary N) is 1. The van der Waals surface area contributed by atoms with Gasteiger partial charge < -0.3 is 10.5 Å². The maximum absolute atomic E-state index is 6.08. The largest absolute Gasteiger partial charge is 0.383 e. The summed E-state index contributed by atoms with van der Waals surface area (Å²) < 4.78 is 5.88. The molecule has 1 aromatic heterocycles. The van der Waals surface area contributed by atoms with Crippen LogP contribution in [0.3, 0.4) is 0 Å².